The lowest BCUT2D eigenvalue weighted by Crippen LogP contribution is -2.30. The standard InChI is InChI=1S/C12H17ClN2/c1-7-4-5-10(13)11-9(8(2)14-3)6-15-12(7)11/h4-5,8-9,14-15H,6H2,1-3H3. The van der Waals surface area contributed by atoms with Gasteiger partial charge in [-0.1, -0.05) is 17.7 Å². The van der Waals surface area contributed by atoms with E-state index in [2.05, 4.69) is 30.5 Å². The maximum absolute atomic E-state index is 6.27. The molecule has 3 heteroatoms. The van der Waals surface area contributed by atoms with Gasteiger partial charge < -0.3 is 10.6 Å². The number of hydrogen-bond acceptors (Lipinski definition) is 2. The monoisotopic (exact) mass is 224 g/mol. The Morgan fingerprint density at radius 3 is 2.93 bits per heavy atom. The zero-order valence-electron chi connectivity index (χ0n) is 9.39. The molecule has 0 aromatic heterocycles. The Hall–Kier alpha value is -0.730. The van der Waals surface area contributed by atoms with Gasteiger partial charge in [0.1, 0.15) is 0 Å². The van der Waals surface area contributed by atoms with Crippen LogP contribution in [0.15, 0.2) is 12.1 Å². The summed E-state index contributed by atoms with van der Waals surface area (Å²) in [5, 5.41) is 7.63. The molecule has 1 heterocycles. The van der Waals surface area contributed by atoms with Gasteiger partial charge in [-0.15, -0.1) is 0 Å². The van der Waals surface area contributed by atoms with E-state index in [1.807, 2.05) is 13.1 Å². The molecule has 2 nitrogen and oxygen atoms in total. The molecule has 0 saturated heterocycles. The first-order valence-corrected chi connectivity index (χ1v) is 5.73. The Morgan fingerprint density at radius 2 is 2.27 bits per heavy atom. The van der Waals surface area contributed by atoms with Gasteiger partial charge in [0.2, 0.25) is 0 Å². The van der Waals surface area contributed by atoms with E-state index in [0.29, 0.717) is 12.0 Å². The molecule has 0 aliphatic carbocycles. The maximum atomic E-state index is 6.27. The first kappa shape index (κ1) is 10.8. The third kappa shape index (κ3) is 1.72. The molecule has 2 rings (SSSR count). The fraction of sp³-hybridized carbons (Fsp3) is 0.500. The molecule has 2 atom stereocenters. The van der Waals surface area contributed by atoms with Crippen LogP contribution in [0.1, 0.15) is 24.0 Å². The van der Waals surface area contributed by atoms with E-state index in [-0.39, 0.29) is 0 Å². The summed E-state index contributed by atoms with van der Waals surface area (Å²) in [6.07, 6.45) is 0. The summed E-state index contributed by atoms with van der Waals surface area (Å²) in [5.41, 5.74) is 3.79. The van der Waals surface area contributed by atoms with E-state index in [1.165, 1.54) is 16.8 Å². The molecule has 1 aromatic carbocycles. The number of likely N-dealkylation sites (N-methyl/N-ethyl adjacent to an activating group) is 1. The summed E-state index contributed by atoms with van der Waals surface area (Å²) >= 11 is 6.27. The first-order chi connectivity index (χ1) is 7.15. The van der Waals surface area contributed by atoms with E-state index in [9.17, 15) is 0 Å². The average molecular weight is 225 g/mol. The van der Waals surface area contributed by atoms with Gasteiger partial charge in [0.15, 0.2) is 0 Å². The van der Waals surface area contributed by atoms with E-state index >= 15 is 0 Å². The Bertz CT molecular complexity index is 376. The number of halogens is 1. The minimum absolute atomic E-state index is 0.443. The number of benzene rings is 1. The molecule has 0 bridgehead atoms. The third-order valence-corrected chi connectivity index (χ3v) is 3.66. The summed E-state index contributed by atoms with van der Waals surface area (Å²) in [6, 6.07) is 4.51. The van der Waals surface area contributed by atoms with Gasteiger partial charge in [-0.3, -0.25) is 0 Å². The maximum Gasteiger partial charge on any atom is 0.0462 e. The minimum atomic E-state index is 0.443. The number of nitrogens with one attached hydrogen (secondary N) is 2. The van der Waals surface area contributed by atoms with Crippen molar-refractivity contribution in [3.63, 3.8) is 0 Å². The summed E-state index contributed by atoms with van der Waals surface area (Å²) in [5.74, 6) is 0.470. The van der Waals surface area contributed by atoms with Crippen molar-refractivity contribution in [2.75, 3.05) is 18.9 Å². The van der Waals surface area contributed by atoms with Gasteiger partial charge in [-0.25, -0.2) is 0 Å². The number of anilines is 1. The van der Waals surface area contributed by atoms with E-state index < -0.39 is 0 Å². The Morgan fingerprint density at radius 1 is 1.53 bits per heavy atom. The lowest BCUT2D eigenvalue weighted by Gasteiger charge is -2.19. The summed E-state index contributed by atoms with van der Waals surface area (Å²) in [7, 11) is 1.99. The second-order valence-electron chi connectivity index (χ2n) is 4.22. The molecular weight excluding hydrogens is 208 g/mol. The Kier molecular flexibility index (Phi) is 2.89. The Labute approximate surface area is 96.0 Å². The first-order valence-electron chi connectivity index (χ1n) is 5.35. The summed E-state index contributed by atoms with van der Waals surface area (Å²) < 4.78 is 0. The van der Waals surface area contributed by atoms with Gasteiger partial charge in [0.05, 0.1) is 0 Å². The third-order valence-electron chi connectivity index (χ3n) is 3.33. The molecule has 2 unspecified atom stereocenters. The molecule has 1 aromatic rings. The second kappa shape index (κ2) is 4.03. The van der Waals surface area contributed by atoms with Crippen molar-refractivity contribution >= 4 is 17.3 Å². The van der Waals surface area contributed by atoms with E-state index in [1.54, 1.807) is 0 Å². The fourth-order valence-electron chi connectivity index (χ4n) is 2.24. The molecule has 1 aliphatic rings. The molecule has 1 aliphatic heterocycles. The van der Waals surface area contributed by atoms with Crippen LogP contribution in [0.3, 0.4) is 0 Å². The van der Waals surface area contributed by atoms with Gasteiger partial charge >= 0.3 is 0 Å². The van der Waals surface area contributed by atoms with E-state index in [0.717, 1.165) is 11.6 Å². The molecule has 82 valence electrons. The van der Waals surface area contributed by atoms with Crippen LogP contribution in [0.4, 0.5) is 5.69 Å². The van der Waals surface area contributed by atoms with Gasteiger partial charge in [0, 0.05) is 34.8 Å². The van der Waals surface area contributed by atoms with Crippen LogP contribution in [0.25, 0.3) is 0 Å². The van der Waals surface area contributed by atoms with Crippen molar-refractivity contribution in [2.45, 2.75) is 25.8 Å². The molecule has 15 heavy (non-hydrogen) atoms. The zero-order valence-corrected chi connectivity index (χ0v) is 10.2. The van der Waals surface area contributed by atoms with Gasteiger partial charge in [0.25, 0.3) is 0 Å². The van der Waals surface area contributed by atoms with Crippen LogP contribution in [-0.4, -0.2) is 19.6 Å². The van der Waals surface area contributed by atoms with Crippen LogP contribution in [0.5, 0.6) is 0 Å². The SMILES string of the molecule is CNC(C)C1CNc2c(C)ccc(Cl)c21. The molecule has 0 amide bonds. The normalized spacial score (nSPS) is 20.9. The number of hydrogen-bond donors (Lipinski definition) is 2. The minimum Gasteiger partial charge on any atom is -0.384 e. The van der Waals surface area contributed by atoms with Gasteiger partial charge in [-0.2, -0.15) is 0 Å². The van der Waals surface area contributed by atoms with Gasteiger partial charge in [-0.05, 0) is 32.5 Å². The predicted octanol–water partition coefficient (Wildman–Crippen LogP) is 2.77. The van der Waals surface area contributed by atoms with E-state index in [4.69, 9.17) is 11.6 Å². The lowest BCUT2D eigenvalue weighted by atomic mass is 9.93. The highest BCUT2D eigenvalue weighted by molar-refractivity contribution is 6.32. The molecule has 0 fully saturated rings. The van der Waals surface area contributed by atoms with Crippen LogP contribution in [0, 0.1) is 6.92 Å². The average Bonchev–Trinajstić information content (AvgIpc) is 2.68. The van der Waals surface area contributed by atoms with Crippen LogP contribution >= 0.6 is 11.6 Å². The van der Waals surface area contributed by atoms with Crippen molar-refractivity contribution in [3.8, 4) is 0 Å². The largest absolute Gasteiger partial charge is 0.384 e. The van der Waals surface area contributed by atoms with Crippen LogP contribution < -0.4 is 10.6 Å². The predicted molar refractivity (Wildman–Crippen MR) is 65.9 cm³/mol. The molecular formula is C12H17ClN2. The number of aryl methyl sites for hydroxylation is 1. The quantitative estimate of drug-likeness (QED) is 0.808. The smallest absolute Gasteiger partial charge is 0.0462 e. The highest BCUT2D eigenvalue weighted by Crippen LogP contribution is 2.40. The van der Waals surface area contributed by atoms with Crippen molar-refractivity contribution in [3.05, 3.63) is 28.3 Å². The summed E-state index contributed by atoms with van der Waals surface area (Å²) in [6.45, 7) is 5.29. The topological polar surface area (TPSA) is 24.1 Å². The summed E-state index contributed by atoms with van der Waals surface area (Å²) in [4.78, 5) is 0. The fourth-order valence-corrected chi connectivity index (χ4v) is 2.54. The molecule has 0 radical (unpaired) electrons. The van der Waals surface area contributed by atoms with Crippen LogP contribution in [0.2, 0.25) is 5.02 Å². The number of fused-ring (bicyclic) bond motifs is 1. The highest BCUT2D eigenvalue weighted by atomic mass is 35.5. The van der Waals surface area contributed by atoms with Crippen molar-refractivity contribution in [1.82, 2.24) is 5.32 Å². The molecule has 0 spiro atoms. The van der Waals surface area contributed by atoms with Crippen molar-refractivity contribution < 1.29 is 0 Å². The highest BCUT2D eigenvalue weighted by Gasteiger charge is 2.29. The zero-order chi connectivity index (χ0) is 11.0. The Balaban J connectivity index is 2.45. The van der Waals surface area contributed by atoms with Crippen LogP contribution in [-0.2, 0) is 0 Å². The molecule has 2 N–H and O–H groups in total. The lowest BCUT2D eigenvalue weighted by molar-refractivity contribution is 0.523. The second-order valence-corrected chi connectivity index (χ2v) is 4.62. The van der Waals surface area contributed by atoms with Crippen molar-refractivity contribution in [1.29, 1.82) is 0 Å². The molecule has 0 saturated carbocycles. The number of rotatable bonds is 2. The van der Waals surface area contributed by atoms with Crippen molar-refractivity contribution in [2.24, 2.45) is 0 Å².